The van der Waals surface area contributed by atoms with Crippen molar-refractivity contribution in [3.63, 3.8) is 0 Å². The van der Waals surface area contributed by atoms with Crippen molar-refractivity contribution in [3.8, 4) is 17.0 Å². The summed E-state index contributed by atoms with van der Waals surface area (Å²) >= 11 is 0. The van der Waals surface area contributed by atoms with E-state index in [9.17, 15) is 4.79 Å². The second-order valence-corrected chi connectivity index (χ2v) is 9.13. The lowest BCUT2D eigenvalue weighted by molar-refractivity contribution is 0.0689. The molecule has 1 aliphatic heterocycles. The number of hydrogen-bond acceptors (Lipinski definition) is 9. The Labute approximate surface area is 218 Å². The smallest absolute Gasteiger partial charge is 0.293 e. The predicted molar refractivity (Wildman–Crippen MR) is 144 cm³/mol. The Morgan fingerprint density at radius 2 is 1.97 bits per heavy atom. The van der Waals surface area contributed by atoms with Crippen molar-refractivity contribution < 1.29 is 14.2 Å². The standard InChI is InChI=1S/C27H38N6O4/c1-4-14-36-15-13-33-23-16-21(20-7-8-24(35-3)29-17-20)18-30-25(23)31-26(27(33)34)28-10-6-11-32-12-9-22(19-32)37-5-2/h7-8,16-18,22H,4-6,9-15,19H2,1-3H3,(H,28,30,31). The fourth-order valence-corrected chi connectivity index (χ4v) is 4.57. The SMILES string of the molecule is CCCOCCn1c(=O)c(NCCCN2CCC(OCC)C2)nc2ncc(-c3ccc(OC)nc3)cc21. The minimum absolute atomic E-state index is 0.169. The minimum atomic E-state index is -0.169. The largest absolute Gasteiger partial charge is 0.481 e. The molecule has 3 aromatic heterocycles. The van der Waals surface area contributed by atoms with E-state index in [2.05, 4.69) is 32.1 Å². The van der Waals surface area contributed by atoms with Crippen LogP contribution in [0.5, 0.6) is 5.88 Å². The van der Waals surface area contributed by atoms with E-state index < -0.39 is 0 Å². The lowest BCUT2D eigenvalue weighted by atomic mass is 10.1. The molecule has 1 unspecified atom stereocenters. The molecule has 0 radical (unpaired) electrons. The van der Waals surface area contributed by atoms with Gasteiger partial charge >= 0.3 is 0 Å². The van der Waals surface area contributed by atoms with E-state index in [0.29, 0.717) is 55.3 Å². The molecule has 0 aliphatic carbocycles. The second kappa shape index (κ2) is 13.5. The van der Waals surface area contributed by atoms with Crippen molar-refractivity contribution in [1.29, 1.82) is 0 Å². The summed E-state index contributed by atoms with van der Waals surface area (Å²) in [4.78, 5) is 29.3. The third-order valence-corrected chi connectivity index (χ3v) is 6.47. The van der Waals surface area contributed by atoms with Gasteiger partial charge in [0.15, 0.2) is 11.5 Å². The molecule has 1 saturated heterocycles. The predicted octanol–water partition coefficient (Wildman–Crippen LogP) is 3.20. The molecule has 1 N–H and O–H groups in total. The molecule has 200 valence electrons. The van der Waals surface area contributed by atoms with E-state index in [1.165, 1.54) is 0 Å². The van der Waals surface area contributed by atoms with Gasteiger partial charge in [-0.25, -0.2) is 15.0 Å². The summed E-state index contributed by atoms with van der Waals surface area (Å²) in [6.07, 6.45) is 6.75. The normalized spacial score (nSPS) is 15.9. The van der Waals surface area contributed by atoms with Gasteiger partial charge in [-0.3, -0.25) is 9.36 Å². The van der Waals surface area contributed by atoms with Crippen LogP contribution in [0.25, 0.3) is 22.3 Å². The van der Waals surface area contributed by atoms with E-state index in [1.807, 2.05) is 19.1 Å². The number of pyridine rings is 2. The quantitative estimate of drug-likeness (QED) is 0.327. The second-order valence-electron chi connectivity index (χ2n) is 9.13. The summed E-state index contributed by atoms with van der Waals surface area (Å²) in [6, 6.07) is 5.66. The van der Waals surface area contributed by atoms with Crippen molar-refractivity contribution in [2.24, 2.45) is 0 Å². The molecule has 10 heteroatoms. The number of anilines is 1. The van der Waals surface area contributed by atoms with E-state index in [0.717, 1.165) is 56.6 Å². The highest BCUT2D eigenvalue weighted by Crippen LogP contribution is 2.23. The van der Waals surface area contributed by atoms with Crippen molar-refractivity contribution in [3.05, 3.63) is 40.9 Å². The molecule has 4 heterocycles. The molecule has 1 fully saturated rings. The average molecular weight is 511 g/mol. The van der Waals surface area contributed by atoms with Crippen molar-refractivity contribution >= 4 is 17.0 Å². The highest BCUT2D eigenvalue weighted by Gasteiger charge is 2.22. The van der Waals surface area contributed by atoms with Gasteiger partial charge in [0.05, 0.1) is 25.3 Å². The van der Waals surface area contributed by atoms with E-state index in [4.69, 9.17) is 14.2 Å². The van der Waals surface area contributed by atoms with Crippen molar-refractivity contribution in [2.75, 3.05) is 58.4 Å². The van der Waals surface area contributed by atoms with Crippen LogP contribution >= 0.6 is 0 Å². The number of aromatic nitrogens is 4. The molecule has 0 aromatic carbocycles. The lowest BCUT2D eigenvalue weighted by Gasteiger charge is -2.17. The lowest BCUT2D eigenvalue weighted by Crippen LogP contribution is -2.29. The first kappa shape index (κ1) is 27.0. The highest BCUT2D eigenvalue weighted by atomic mass is 16.5. The van der Waals surface area contributed by atoms with Crippen LogP contribution in [-0.2, 0) is 16.0 Å². The van der Waals surface area contributed by atoms with Crippen LogP contribution in [0.3, 0.4) is 0 Å². The minimum Gasteiger partial charge on any atom is -0.481 e. The summed E-state index contributed by atoms with van der Waals surface area (Å²) in [5, 5.41) is 3.26. The molecule has 0 spiro atoms. The zero-order valence-electron chi connectivity index (χ0n) is 22.1. The van der Waals surface area contributed by atoms with Gasteiger partial charge in [0, 0.05) is 69.0 Å². The molecule has 0 amide bonds. The van der Waals surface area contributed by atoms with Crippen LogP contribution in [0.1, 0.15) is 33.1 Å². The molecule has 3 aromatic rings. The number of methoxy groups -OCH3 is 1. The van der Waals surface area contributed by atoms with Crippen LogP contribution < -0.4 is 15.6 Å². The summed E-state index contributed by atoms with van der Waals surface area (Å²) in [5.74, 6) is 0.863. The number of nitrogens with one attached hydrogen (secondary N) is 1. The van der Waals surface area contributed by atoms with E-state index >= 15 is 0 Å². The summed E-state index contributed by atoms with van der Waals surface area (Å²) in [5.41, 5.74) is 2.75. The van der Waals surface area contributed by atoms with Crippen LogP contribution in [0.2, 0.25) is 0 Å². The Hall–Kier alpha value is -3.08. The zero-order chi connectivity index (χ0) is 26.0. The summed E-state index contributed by atoms with van der Waals surface area (Å²) in [6.45, 7) is 10.0. The topological polar surface area (TPSA) is 104 Å². The molecule has 4 rings (SSSR count). The Morgan fingerprint density at radius 3 is 2.73 bits per heavy atom. The van der Waals surface area contributed by atoms with Crippen molar-refractivity contribution in [1.82, 2.24) is 24.4 Å². The fourth-order valence-electron chi connectivity index (χ4n) is 4.57. The Kier molecular flexibility index (Phi) is 9.81. The first-order valence-electron chi connectivity index (χ1n) is 13.2. The number of rotatable bonds is 14. The molecular formula is C27H38N6O4. The Bertz CT molecular complexity index is 1200. The maximum Gasteiger partial charge on any atom is 0.293 e. The van der Waals surface area contributed by atoms with Gasteiger partial charge < -0.3 is 24.4 Å². The first-order chi connectivity index (χ1) is 18.1. The Morgan fingerprint density at radius 1 is 1.11 bits per heavy atom. The van der Waals surface area contributed by atoms with Crippen LogP contribution in [-0.4, -0.2) is 83.6 Å². The summed E-state index contributed by atoms with van der Waals surface area (Å²) in [7, 11) is 1.58. The van der Waals surface area contributed by atoms with Gasteiger partial charge in [0.1, 0.15) is 0 Å². The third kappa shape index (κ3) is 7.03. The number of hydrogen-bond donors (Lipinski definition) is 1. The molecule has 1 aliphatic rings. The number of ether oxygens (including phenoxy) is 3. The molecule has 0 bridgehead atoms. The number of fused-ring (bicyclic) bond motifs is 1. The third-order valence-electron chi connectivity index (χ3n) is 6.47. The monoisotopic (exact) mass is 510 g/mol. The van der Waals surface area contributed by atoms with Gasteiger partial charge in [0.25, 0.3) is 5.56 Å². The Balaban J connectivity index is 1.50. The summed E-state index contributed by atoms with van der Waals surface area (Å²) < 4.78 is 18.3. The molecular weight excluding hydrogens is 472 g/mol. The number of likely N-dealkylation sites (tertiary alicyclic amines) is 1. The maximum atomic E-state index is 13.4. The van der Waals surface area contributed by atoms with Gasteiger partial charge in [-0.1, -0.05) is 6.92 Å². The first-order valence-corrected chi connectivity index (χ1v) is 13.2. The van der Waals surface area contributed by atoms with Crippen molar-refractivity contribution in [2.45, 2.75) is 45.8 Å². The van der Waals surface area contributed by atoms with Gasteiger partial charge in [-0.15, -0.1) is 0 Å². The fraction of sp³-hybridized carbons (Fsp3) is 0.556. The zero-order valence-corrected chi connectivity index (χ0v) is 22.1. The van der Waals surface area contributed by atoms with Gasteiger partial charge in [-0.05, 0) is 44.9 Å². The van der Waals surface area contributed by atoms with Crippen LogP contribution in [0, 0.1) is 0 Å². The molecule has 1 atom stereocenters. The van der Waals surface area contributed by atoms with Gasteiger partial charge in [-0.2, -0.15) is 0 Å². The highest BCUT2D eigenvalue weighted by molar-refractivity contribution is 5.78. The van der Waals surface area contributed by atoms with E-state index in [-0.39, 0.29) is 5.56 Å². The molecule has 0 saturated carbocycles. The van der Waals surface area contributed by atoms with Crippen LogP contribution in [0.15, 0.2) is 35.4 Å². The molecule has 37 heavy (non-hydrogen) atoms. The molecule has 10 nitrogen and oxygen atoms in total. The maximum absolute atomic E-state index is 13.4. The van der Waals surface area contributed by atoms with Gasteiger partial charge in [0.2, 0.25) is 5.88 Å². The average Bonchev–Trinajstić information content (AvgIpc) is 3.37. The van der Waals surface area contributed by atoms with Crippen LogP contribution in [0.4, 0.5) is 5.82 Å². The van der Waals surface area contributed by atoms with E-state index in [1.54, 1.807) is 30.1 Å². The number of nitrogens with zero attached hydrogens (tertiary/aromatic N) is 5.